The number of aromatic nitrogens is 3. The van der Waals surface area contributed by atoms with Gasteiger partial charge in [0.1, 0.15) is 0 Å². The molecule has 0 bridgehead atoms. The number of halogens is 2. The molecule has 0 spiro atoms. The van der Waals surface area contributed by atoms with Gasteiger partial charge < -0.3 is 5.11 Å². The van der Waals surface area contributed by atoms with Gasteiger partial charge in [0.15, 0.2) is 5.82 Å². The van der Waals surface area contributed by atoms with E-state index < -0.39 is 11.9 Å². The van der Waals surface area contributed by atoms with Crippen molar-refractivity contribution in [3.8, 4) is 0 Å². The Bertz CT molecular complexity index is 1080. The minimum Gasteiger partial charge on any atom is -0.481 e. The number of benzene rings is 2. The summed E-state index contributed by atoms with van der Waals surface area (Å²) in [5, 5.41) is 23.7. The highest BCUT2D eigenvalue weighted by Crippen LogP contribution is 2.35. The van der Waals surface area contributed by atoms with E-state index in [4.69, 9.17) is 16.7 Å². The number of fused-ring (bicyclic) bond motifs is 1. The van der Waals surface area contributed by atoms with Gasteiger partial charge in [-0.15, -0.1) is 10.2 Å². The molecule has 0 fully saturated rings. The number of carbonyl (C=O) groups is 1. The molecule has 1 aliphatic heterocycles. The Labute approximate surface area is 185 Å². The molecule has 2 heterocycles. The molecule has 0 aliphatic carbocycles. The predicted octanol–water partition coefficient (Wildman–Crippen LogP) is 4.73. The van der Waals surface area contributed by atoms with Crippen LogP contribution in [0.3, 0.4) is 0 Å². The van der Waals surface area contributed by atoms with Crippen LogP contribution in [0, 0.1) is 5.92 Å². The van der Waals surface area contributed by atoms with Crippen molar-refractivity contribution in [2.45, 2.75) is 23.8 Å². The average molecular weight is 492 g/mol. The third-order valence-electron chi connectivity index (χ3n) is 4.65. The minimum atomic E-state index is -0.882. The molecule has 6 nitrogen and oxygen atoms in total. The number of carboxylic acid groups (broad SMARTS) is 1. The van der Waals surface area contributed by atoms with Gasteiger partial charge in [0.05, 0.1) is 16.9 Å². The van der Waals surface area contributed by atoms with Crippen molar-refractivity contribution < 1.29 is 9.90 Å². The second-order valence-electron chi connectivity index (χ2n) is 6.67. The van der Waals surface area contributed by atoms with Crippen molar-refractivity contribution in [3.63, 3.8) is 0 Å². The van der Waals surface area contributed by atoms with Crippen molar-refractivity contribution in [2.75, 3.05) is 0 Å². The maximum atomic E-state index is 11.7. The lowest BCUT2D eigenvalue weighted by molar-refractivity contribution is -0.140. The van der Waals surface area contributed by atoms with E-state index in [1.54, 1.807) is 23.7 Å². The summed E-state index contributed by atoms with van der Waals surface area (Å²) in [6.07, 6.45) is 0.567. The molecule has 148 valence electrons. The summed E-state index contributed by atoms with van der Waals surface area (Å²) in [5.41, 5.74) is 2.58. The van der Waals surface area contributed by atoms with Gasteiger partial charge in [0.2, 0.25) is 5.16 Å². The SMILES string of the molecule is CC(C(=O)O)C1Sc2nnc(Cc3ccc(Br)cc3)n2N=C1c1ccc(Cl)cc1. The van der Waals surface area contributed by atoms with E-state index in [0.717, 1.165) is 15.6 Å². The molecule has 0 radical (unpaired) electrons. The van der Waals surface area contributed by atoms with Crippen molar-refractivity contribution >= 4 is 51.0 Å². The van der Waals surface area contributed by atoms with E-state index in [-0.39, 0.29) is 5.25 Å². The smallest absolute Gasteiger partial charge is 0.307 e. The summed E-state index contributed by atoms with van der Waals surface area (Å²) < 4.78 is 2.72. The molecule has 9 heteroatoms. The summed E-state index contributed by atoms with van der Waals surface area (Å²) in [6.45, 7) is 1.68. The number of aliphatic carboxylic acids is 1. The number of thioether (sulfide) groups is 1. The van der Waals surface area contributed by atoms with Crippen LogP contribution in [-0.2, 0) is 11.2 Å². The summed E-state index contributed by atoms with van der Waals surface area (Å²) in [5.74, 6) is -0.829. The molecule has 29 heavy (non-hydrogen) atoms. The lowest BCUT2D eigenvalue weighted by Gasteiger charge is -2.26. The highest BCUT2D eigenvalue weighted by Gasteiger charge is 2.35. The van der Waals surface area contributed by atoms with Gasteiger partial charge in [-0.2, -0.15) is 9.78 Å². The zero-order valence-electron chi connectivity index (χ0n) is 15.3. The van der Waals surface area contributed by atoms with Crippen LogP contribution in [-0.4, -0.2) is 36.9 Å². The number of carboxylic acids is 1. The molecule has 2 unspecified atom stereocenters. The van der Waals surface area contributed by atoms with Crippen molar-refractivity contribution in [2.24, 2.45) is 11.0 Å². The first-order valence-corrected chi connectivity index (χ1v) is 10.9. The highest BCUT2D eigenvalue weighted by molar-refractivity contribution is 9.10. The molecule has 1 N–H and O–H groups in total. The Hall–Kier alpha value is -2.16. The summed E-state index contributed by atoms with van der Waals surface area (Å²) >= 11 is 10.8. The summed E-state index contributed by atoms with van der Waals surface area (Å²) in [7, 11) is 0. The van der Waals surface area contributed by atoms with Crippen LogP contribution in [0.1, 0.15) is 23.9 Å². The van der Waals surface area contributed by atoms with Gasteiger partial charge in [-0.25, -0.2) is 0 Å². The topological polar surface area (TPSA) is 80.4 Å². The second-order valence-corrected chi connectivity index (χ2v) is 9.13. The summed E-state index contributed by atoms with van der Waals surface area (Å²) in [6, 6.07) is 15.2. The maximum absolute atomic E-state index is 11.7. The monoisotopic (exact) mass is 490 g/mol. The first-order chi connectivity index (χ1) is 13.9. The number of hydrogen-bond donors (Lipinski definition) is 1. The van der Waals surface area contributed by atoms with Crippen LogP contribution in [0.4, 0.5) is 0 Å². The van der Waals surface area contributed by atoms with Crippen LogP contribution < -0.4 is 0 Å². The molecule has 4 rings (SSSR count). The molecular weight excluding hydrogens is 476 g/mol. The molecule has 0 saturated heterocycles. The zero-order chi connectivity index (χ0) is 20.5. The Kier molecular flexibility index (Phi) is 5.76. The zero-order valence-corrected chi connectivity index (χ0v) is 18.4. The third kappa shape index (κ3) is 4.24. The molecule has 0 amide bonds. The molecule has 3 aromatic rings. The Balaban J connectivity index is 1.75. The molecule has 1 aromatic heterocycles. The fourth-order valence-corrected chi connectivity index (χ4v) is 4.58. The van der Waals surface area contributed by atoms with E-state index in [2.05, 4.69) is 26.1 Å². The van der Waals surface area contributed by atoms with Crippen LogP contribution >= 0.6 is 39.3 Å². The second kappa shape index (κ2) is 8.30. The van der Waals surface area contributed by atoms with E-state index in [1.165, 1.54) is 11.8 Å². The third-order valence-corrected chi connectivity index (χ3v) is 6.78. The molecule has 1 aliphatic rings. The van der Waals surface area contributed by atoms with Gasteiger partial charge in [0.25, 0.3) is 0 Å². The number of rotatable bonds is 5. The summed E-state index contributed by atoms with van der Waals surface area (Å²) in [4.78, 5) is 11.7. The lowest BCUT2D eigenvalue weighted by atomic mass is 9.98. The maximum Gasteiger partial charge on any atom is 0.307 e. The quantitative estimate of drug-likeness (QED) is 0.558. The molecule has 2 atom stereocenters. The van der Waals surface area contributed by atoms with Gasteiger partial charge in [0, 0.05) is 15.9 Å². The van der Waals surface area contributed by atoms with Gasteiger partial charge in [-0.3, -0.25) is 4.79 Å². The normalized spacial score (nSPS) is 16.8. The average Bonchev–Trinajstić information content (AvgIpc) is 3.10. The minimum absolute atomic E-state index is 0.383. The predicted molar refractivity (Wildman–Crippen MR) is 117 cm³/mol. The molecule has 2 aromatic carbocycles. The standard InChI is InChI=1S/C20H16BrClN4O2S/c1-11(19(27)28)18-17(13-4-8-15(22)9-5-13)25-26-16(23-24-20(26)29-18)10-12-2-6-14(21)7-3-12/h2-9,11,18H,10H2,1H3,(H,27,28). The van der Waals surface area contributed by atoms with Crippen LogP contribution in [0.15, 0.2) is 63.3 Å². The first kappa shape index (κ1) is 20.1. The van der Waals surface area contributed by atoms with E-state index in [0.29, 0.717) is 28.1 Å². The first-order valence-electron chi connectivity index (χ1n) is 8.85. The lowest BCUT2D eigenvalue weighted by Crippen LogP contribution is -2.34. The van der Waals surface area contributed by atoms with Crippen LogP contribution in [0.25, 0.3) is 0 Å². The van der Waals surface area contributed by atoms with Gasteiger partial charge in [-0.05, 0) is 35.4 Å². The van der Waals surface area contributed by atoms with E-state index in [1.807, 2.05) is 36.4 Å². The van der Waals surface area contributed by atoms with Crippen LogP contribution in [0.2, 0.25) is 5.02 Å². The Morgan fingerprint density at radius 1 is 1.21 bits per heavy atom. The molecule has 0 saturated carbocycles. The Morgan fingerprint density at radius 3 is 2.55 bits per heavy atom. The Morgan fingerprint density at radius 2 is 1.90 bits per heavy atom. The van der Waals surface area contributed by atoms with Crippen molar-refractivity contribution in [1.82, 2.24) is 14.9 Å². The fraction of sp³-hybridized carbons (Fsp3) is 0.200. The van der Waals surface area contributed by atoms with E-state index >= 15 is 0 Å². The molecular formula is C20H16BrClN4O2S. The van der Waals surface area contributed by atoms with Crippen molar-refractivity contribution in [1.29, 1.82) is 0 Å². The van der Waals surface area contributed by atoms with Crippen LogP contribution in [0.5, 0.6) is 0 Å². The van der Waals surface area contributed by atoms with Gasteiger partial charge in [-0.1, -0.05) is 70.5 Å². The fourth-order valence-electron chi connectivity index (χ4n) is 3.01. The number of nitrogens with zero attached hydrogens (tertiary/aromatic N) is 4. The van der Waals surface area contributed by atoms with E-state index in [9.17, 15) is 9.90 Å². The largest absolute Gasteiger partial charge is 0.481 e. The van der Waals surface area contributed by atoms with Gasteiger partial charge >= 0.3 is 5.97 Å². The number of hydrogen-bond acceptors (Lipinski definition) is 5. The highest BCUT2D eigenvalue weighted by atomic mass is 79.9. The van der Waals surface area contributed by atoms with Crippen molar-refractivity contribution in [3.05, 3.63) is 75.0 Å².